The molecule has 0 aliphatic carbocycles. The van der Waals surface area contributed by atoms with Crippen LogP contribution in [0.3, 0.4) is 0 Å². The molecule has 1 heterocycles. The van der Waals surface area contributed by atoms with Crippen LogP contribution in [-0.2, 0) is 6.42 Å². The van der Waals surface area contributed by atoms with Gasteiger partial charge in [0.05, 0.1) is 5.02 Å². The number of anilines is 1. The highest BCUT2D eigenvalue weighted by atomic mass is 35.5. The van der Waals surface area contributed by atoms with Crippen LogP contribution in [0.5, 0.6) is 0 Å². The maximum absolute atomic E-state index is 10.4. The lowest BCUT2D eigenvalue weighted by Crippen LogP contribution is -2.07. The molecule has 18 heavy (non-hydrogen) atoms. The first-order valence-electron chi connectivity index (χ1n) is 5.80. The lowest BCUT2D eigenvalue weighted by Gasteiger charge is -2.16. The number of rotatable bonds is 3. The number of nitrogens with zero attached hydrogens (tertiary/aromatic N) is 1. The number of hydrogen-bond donors (Lipinski definition) is 2. The SMILES string of the molecule is CCc1ccccc1C(O)c1cc(Cl)cnc1N. The summed E-state index contributed by atoms with van der Waals surface area (Å²) in [5, 5.41) is 10.9. The van der Waals surface area contributed by atoms with Crippen LogP contribution in [0.1, 0.15) is 29.7 Å². The molecule has 0 amide bonds. The Morgan fingerprint density at radius 2 is 2.06 bits per heavy atom. The molecule has 0 bridgehead atoms. The topological polar surface area (TPSA) is 59.1 Å². The zero-order valence-electron chi connectivity index (χ0n) is 10.1. The smallest absolute Gasteiger partial charge is 0.129 e. The average Bonchev–Trinajstić information content (AvgIpc) is 2.40. The summed E-state index contributed by atoms with van der Waals surface area (Å²) in [6.45, 7) is 2.05. The second-order valence-electron chi connectivity index (χ2n) is 4.08. The fourth-order valence-corrected chi connectivity index (χ4v) is 2.14. The summed E-state index contributed by atoms with van der Waals surface area (Å²) >= 11 is 5.89. The van der Waals surface area contributed by atoms with Gasteiger partial charge in [0.25, 0.3) is 0 Å². The molecular weight excluding hydrogens is 248 g/mol. The van der Waals surface area contributed by atoms with E-state index in [1.165, 1.54) is 6.20 Å². The first-order chi connectivity index (χ1) is 8.63. The van der Waals surface area contributed by atoms with E-state index in [2.05, 4.69) is 4.98 Å². The van der Waals surface area contributed by atoms with Gasteiger partial charge >= 0.3 is 0 Å². The molecule has 0 fully saturated rings. The quantitative estimate of drug-likeness (QED) is 0.894. The number of nitrogen functional groups attached to an aromatic ring is 1. The molecule has 0 saturated heterocycles. The van der Waals surface area contributed by atoms with Crippen LogP contribution < -0.4 is 5.73 Å². The molecule has 1 unspecified atom stereocenters. The van der Waals surface area contributed by atoms with Gasteiger partial charge in [0.15, 0.2) is 0 Å². The number of aryl methyl sites for hydroxylation is 1. The molecule has 0 saturated carbocycles. The Morgan fingerprint density at radius 3 is 2.78 bits per heavy atom. The van der Waals surface area contributed by atoms with E-state index in [1.54, 1.807) is 6.07 Å². The van der Waals surface area contributed by atoms with Crippen LogP contribution >= 0.6 is 11.6 Å². The van der Waals surface area contributed by atoms with E-state index in [4.69, 9.17) is 17.3 Å². The van der Waals surface area contributed by atoms with Gasteiger partial charge in [-0.15, -0.1) is 0 Å². The van der Waals surface area contributed by atoms with Gasteiger partial charge in [-0.05, 0) is 23.6 Å². The summed E-state index contributed by atoms with van der Waals surface area (Å²) in [6.07, 6.45) is 1.52. The zero-order chi connectivity index (χ0) is 13.1. The Morgan fingerprint density at radius 1 is 1.33 bits per heavy atom. The molecule has 3 N–H and O–H groups in total. The highest BCUT2D eigenvalue weighted by Crippen LogP contribution is 2.29. The van der Waals surface area contributed by atoms with Crippen LogP contribution in [0.2, 0.25) is 5.02 Å². The Labute approximate surface area is 111 Å². The van der Waals surface area contributed by atoms with Gasteiger partial charge in [-0.1, -0.05) is 42.8 Å². The molecule has 1 atom stereocenters. The van der Waals surface area contributed by atoms with Gasteiger partial charge in [0.1, 0.15) is 11.9 Å². The largest absolute Gasteiger partial charge is 0.384 e. The van der Waals surface area contributed by atoms with E-state index in [0.717, 1.165) is 17.5 Å². The molecule has 2 aromatic rings. The summed E-state index contributed by atoms with van der Waals surface area (Å²) in [7, 11) is 0. The minimum atomic E-state index is -0.799. The number of pyridine rings is 1. The van der Waals surface area contributed by atoms with Crippen molar-refractivity contribution in [1.29, 1.82) is 0 Å². The van der Waals surface area contributed by atoms with Gasteiger partial charge in [-0.3, -0.25) is 0 Å². The Bertz CT molecular complexity index is 557. The van der Waals surface area contributed by atoms with E-state index in [1.807, 2.05) is 31.2 Å². The fraction of sp³-hybridized carbons (Fsp3) is 0.214. The number of hydrogen-bond acceptors (Lipinski definition) is 3. The highest BCUT2D eigenvalue weighted by Gasteiger charge is 2.17. The lowest BCUT2D eigenvalue weighted by atomic mass is 9.96. The van der Waals surface area contributed by atoms with Crippen LogP contribution in [0.4, 0.5) is 5.82 Å². The van der Waals surface area contributed by atoms with E-state index in [-0.39, 0.29) is 0 Å². The predicted octanol–water partition coefficient (Wildman–Crippen LogP) is 2.96. The molecule has 0 spiro atoms. The summed E-state index contributed by atoms with van der Waals surface area (Å²) in [6, 6.07) is 9.39. The van der Waals surface area contributed by atoms with E-state index >= 15 is 0 Å². The first kappa shape index (κ1) is 12.9. The van der Waals surface area contributed by atoms with Gasteiger partial charge in [0.2, 0.25) is 0 Å². The van der Waals surface area contributed by atoms with Gasteiger partial charge in [-0.2, -0.15) is 0 Å². The van der Waals surface area contributed by atoms with Crippen molar-refractivity contribution in [3.63, 3.8) is 0 Å². The number of nitrogens with two attached hydrogens (primary N) is 1. The number of aliphatic hydroxyl groups excluding tert-OH is 1. The van der Waals surface area contributed by atoms with Crippen LogP contribution in [0, 0.1) is 0 Å². The number of aliphatic hydroxyl groups is 1. The number of aromatic nitrogens is 1. The van der Waals surface area contributed by atoms with Crippen LogP contribution in [0.15, 0.2) is 36.5 Å². The standard InChI is InChI=1S/C14H15ClN2O/c1-2-9-5-3-4-6-11(9)13(18)12-7-10(15)8-17-14(12)16/h3-8,13,18H,2H2,1H3,(H2,16,17). The maximum Gasteiger partial charge on any atom is 0.129 e. The van der Waals surface area contributed by atoms with E-state index in [9.17, 15) is 5.11 Å². The Hall–Kier alpha value is -1.58. The third-order valence-electron chi connectivity index (χ3n) is 2.94. The van der Waals surface area contributed by atoms with Crippen molar-refractivity contribution in [2.45, 2.75) is 19.4 Å². The normalized spacial score (nSPS) is 12.4. The number of benzene rings is 1. The van der Waals surface area contributed by atoms with Crippen molar-refractivity contribution >= 4 is 17.4 Å². The third kappa shape index (κ3) is 2.47. The summed E-state index contributed by atoms with van der Waals surface area (Å²) in [4.78, 5) is 3.97. The molecule has 0 aliphatic heterocycles. The second-order valence-corrected chi connectivity index (χ2v) is 4.52. The highest BCUT2D eigenvalue weighted by molar-refractivity contribution is 6.30. The monoisotopic (exact) mass is 262 g/mol. The van der Waals surface area contributed by atoms with Crippen molar-refractivity contribution in [2.24, 2.45) is 0 Å². The second kappa shape index (κ2) is 5.38. The van der Waals surface area contributed by atoms with Crippen LogP contribution in [-0.4, -0.2) is 10.1 Å². The van der Waals surface area contributed by atoms with Crippen molar-refractivity contribution in [3.05, 3.63) is 58.2 Å². The van der Waals surface area contributed by atoms with Gasteiger partial charge in [-0.25, -0.2) is 4.98 Å². The molecular formula is C14H15ClN2O. The molecule has 4 heteroatoms. The molecule has 3 nitrogen and oxygen atoms in total. The van der Waals surface area contributed by atoms with E-state index in [0.29, 0.717) is 16.4 Å². The molecule has 1 aromatic heterocycles. The summed E-state index contributed by atoms with van der Waals surface area (Å²) in [5.41, 5.74) is 8.26. The molecule has 94 valence electrons. The zero-order valence-corrected chi connectivity index (χ0v) is 10.9. The third-order valence-corrected chi connectivity index (χ3v) is 3.15. The summed E-state index contributed by atoms with van der Waals surface area (Å²) < 4.78 is 0. The Kier molecular flexibility index (Phi) is 3.84. The lowest BCUT2D eigenvalue weighted by molar-refractivity contribution is 0.219. The van der Waals surface area contributed by atoms with Crippen molar-refractivity contribution in [2.75, 3.05) is 5.73 Å². The van der Waals surface area contributed by atoms with Gasteiger partial charge < -0.3 is 10.8 Å². The molecule has 0 aliphatic rings. The predicted molar refractivity (Wildman–Crippen MR) is 73.5 cm³/mol. The van der Waals surface area contributed by atoms with Crippen molar-refractivity contribution in [3.8, 4) is 0 Å². The Balaban J connectivity index is 2.47. The first-order valence-corrected chi connectivity index (χ1v) is 6.18. The molecule has 0 radical (unpaired) electrons. The number of halogens is 1. The minimum Gasteiger partial charge on any atom is -0.384 e. The summed E-state index contributed by atoms with van der Waals surface area (Å²) in [5.74, 6) is 0.304. The maximum atomic E-state index is 10.4. The molecule has 2 rings (SSSR count). The van der Waals surface area contributed by atoms with Crippen molar-refractivity contribution in [1.82, 2.24) is 4.98 Å². The molecule has 1 aromatic carbocycles. The average molecular weight is 263 g/mol. The van der Waals surface area contributed by atoms with Crippen LogP contribution in [0.25, 0.3) is 0 Å². The fourth-order valence-electron chi connectivity index (χ4n) is 1.97. The van der Waals surface area contributed by atoms with E-state index < -0.39 is 6.10 Å². The minimum absolute atomic E-state index is 0.304. The van der Waals surface area contributed by atoms with Crippen molar-refractivity contribution < 1.29 is 5.11 Å². The van der Waals surface area contributed by atoms with Gasteiger partial charge in [0, 0.05) is 11.8 Å².